The summed E-state index contributed by atoms with van der Waals surface area (Å²) in [5.41, 5.74) is 10.6. The molecule has 2 aliphatic rings. The molecule has 1 saturated heterocycles. The summed E-state index contributed by atoms with van der Waals surface area (Å²) in [6.07, 6.45) is 5.06. The first kappa shape index (κ1) is 12.9. The summed E-state index contributed by atoms with van der Waals surface area (Å²) in [4.78, 5) is 2.47. The molecular formula is C14H21ClN2. The molecule has 0 spiro atoms. The Morgan fingerprint density at radius 1 is 1.24 bits per heavy atom. The van der Waals surface area contributed by atoms with E-state index in [1.807, 2.05) is 0 Å². The molecule has 94 valence electrons. The Morgan fingerprint density at radius 3 is 2.82 bits per heavy atom. The number of nitrogens with zero attached hydrogens (tertiary/aromatic N) is 1. The van der Waals surface area contributed by atoms with E-state index in [1.54, 1.807) is 11.1 Å². The third kappa shape index (κ3) is 2.82. The standard InChI is InChI=1S/C14H20N2.ClH/c15-14-6-7-16(10-14)9-11-4-5-12-2-1-3-13(12)8-11;/h4-5,8,14H,1-3,6-7,9-10,15H2;1H. The van der Waals surface area contributed by atoms with Crippen molar-refractivity contribution in [3.8, 4) is 0 Å². The third-order valence-electron chi connectivity index (χ3n) is 3.88. The van der Waals surface area contributed by atoms with Crippen molar-refractivity contribution in [3.63, 3.8) is 0 Å². The molecule has 17 heavy (non-hydrogen) atoms. The first-order chi connectivity index (χ1) is 7.81. The number of hydrogen-bond acceptors (Lipinski definition) is 2. The van der Waals surface area contributed by atoms with Gasteiger partial charge in [0.05, 0.1) is 0 Å². The van der Waals surface area contributed by atoms with E-state index >= 15 is 0 Å². The van der Waals surface area contributed by atoms with Crippen molar-refractivity contribution in [2.75, 3.05) is 13.1 Å². The van der Waals surface area contributed by atoms with Crippen molar-refractivity contribution >= 4 is 12.4 Å². The van der Waals surface area contributed by atoms with Crippen LogP contribution in [0, 0.1) is 0 Å². The molecule has 0 aromatic heterocycles. The lowest BCUT2D eigenvalue weighted by Gasteiger charge is -2.15. The number of hydrogen-bond donors (Lipinski definition) is 1. The summed E-state index contributed by atoms with van der Waals surface area (Å²) >= 11 is 0. The maximum Gasteiger partial charge on any atom is 0.0234 e. The van der Waals surface area contributed by atoms with E-state index in [2.05, 4.69) is 23.1 Å². The molecule has 1 aromatic rings. The van der Waals surface area contributed by atoms with E-state index in [0.29, 0.717) is 6.04 Å². The molecule has 0 amide bonds. The van der Waals surface area contributed by atoms with Crippen molar-refractivity contribution in [2.24, 2.45) is 5.73 Å². The first-order valence-electron chi connectivity index (χ1n) is 6.40. The Balaban J connectivity index is 0.00000108. The summed E-state index contributed by atoms with van der Waals surface area (Å²) in [5, 5.41) is 0. The average molecular weight is 253 g/mol. The minimum atomic E-state index is 0. The van der Waals surface area contributed by atoms with Gasteiger partial charge in [-0.15, -0.1) is 12.4 Å². The van der Waals surface area contributed by atoms with Crippen LogP contribution in [-0.4, -0.2) is 24.0 Å². The van der Waals surface area contributed by atoms with Gasteiger partial charge in [0.1, 0.15) is 0 Å². The Bertz CT molecular complexity index is 392. The Kier molecular flexibility index (Phi) is 4.08. The van der Waals surface area contributed by atoms with Gasteiger partial charge in [-0.3, -0.25) is 4.90 Å². The number of likely N-dealkylation sites (tertiary alicyclic amines) is 1. The maximum absolute atomic E-state index is 5.93. The number of halogens is 1. The number of aryl methyl sites for hydroxylation is 2. The van der Waals surface area contributed by atoms with Crippen LogP contribution in [0.25, 0.3) is 0 Å². The molecule has 1 aliphatic carbocycles. The van der Waals surface area contributed by atoms with Crippen molar-refractivity contribution in [1.82, 2.24) is 4.90 Å². The first-order valence-corrected chi connectivity index (χ1v) is 6.40. The van der Waals surface area contributed by atoms with Gasteiger partial charge in [0, 0.05) is 25.7 Å². The van der Waals surface area contributed by atoms with E-state index in [-0.39, 0.29) is 12.4 Å². The summed E-state index contributed by atoms with van der Waals surface area (Å²) < 4.78 is 0. The second kappa shape index (κ2) is 5.38. The minimum Gasteiger partial charge on any atom is -0.326 e. The molecule has 0 bridgehead atoms. The quantitative estimate of drug-likeness (QED) is 0.874. The predicted octanol–water partition coefficient (Wildman–Crippen LogP) is 2.13. The number of rotatable bonds is 2. The van der Waals surface area contributed by atoms with Gasteiger partial charge in [-0.1, -0.05) is 18.2 Å². The molecule has 0 saturated carbocycles. The van der Waals surface area contributed by atoms with Crippen LogP contribution in [0.2, 0.25) is 0 Å². The Labute approximate surface area is 110 Å². The second-order valence-electron chi connectivity index (χ2n) is 5.24. The Hall–Kier alpha value is -0.570. The molecule has 1 atom stereocenters. The molecule has 1 aromatic carbocycles. The Morgan fingerprint density at radius 2 is 2.06 bits per heavy atom. The lowest BCUT2D eigenvalue weighted by atomic mass is 10.1. The van der Waals surface area contributed by atoms with Crippen molar-refractivity contribution in [3.05, 3.63) is 34.9 Å². The normalized spacial score (nSPS) is 23.5. The highest BCUT2D eigenvalue weighted by atomic mass is 35.5. The van der Waals surface area contributed by atoms with E-state index in [4.69, 9.17) is 5.73 Å². The fourth-order valence-electron chi connectivity index (χ4n) is 2.99. The lowest BCUT2D eigenvalue weighted by molar-refractivity contribution is 0.327. The molecule has 2 N–H and O–H groups in total. The highest BCUT2D eigenvalue weighted by Crippen LogP contribution is 2.23. The van der Waals surface area contributed by atoms with Gasteiger partial charge in [0.2, 0.25) is 0 Å². The SMILES string of the molecule is Cl.NC1CCN(Cc2ccc3c(c2)CCC3)C1. The van der Waals surface area contributed by atoms with Crippen molar-refractivity contribution < 1.29 is 0 Å². The summed E-state index contributed by atoms with van der Waals surface area (Å²) in [7, 11) is 0. The predicted molar refractivity (Wildman–Crippen MR) is 73.6 cm³/mol. The summed E-state index contributed by atoms with van der Waals surface area (Å²) in [6, 6.07) is 7.43. The molecule has 3 heteroatoms. The van der Waals surface area contributed by atoms with Crippen LogP contribution in [0.4, 0.5) is 0 Å². The van der Waals surface area contributed by atoms with Crippen LogP contribution in [0.1, 0.15) is 29.5 Å². The minimum absolute atomic E-state index is 0. The van der Waals surface area contributed by atoms with Crippen LogP contribution < -0.4 is 5.73 Å². The highest BCUT2D eigenvalue weighted by molar-refractivity contribution is 5.85. The fraction of sp³-hybridized carbons (Fsp3) is 0.571. The molecule has 3 rings (SSSR count). The molecular weight excluding hydrogens is 232 g/mol. The molecule has 2 nitrogen and oxygen atoms in total. The smallest absolute Gasteiger partial charge is 0.0234 e. The fourth-order valence-corrected chi connectivity index (χ4v) is 2.99. The average Bonchev–Trinajstić information content (AvgIpc) is 2.87. The molecule has 0 radical (unpaired) electrons. The van der Waals surface area contributed by atoms with Gasteiger partial charge < -0.3 is 5.73 Å². The summed E-state index contributed by atoms with van der Waals surface area (Å²) in [5.74, 6) is 0. The zero-order valence-electron chi connectivity index (χ0n) is 10.2. The highest BCUT2D eigenvalue weighted by Gasteiger charge is 2.19. The van der Waals surface area contributed by atoms with Crippen LogP contribution in [0.15, 0.2) is 18.2 Å². The van der Waals surface area contributed by atoms with Crippen molar-refractivity contribution in [2.45, 2.75) is 38.3 Å². The monoisotopic (exact) mass is 252 g/mol. The molecule has 1 aliphatic heterocycles. The second-order valence-corrected chi connectivity index (χ2v) is 5.24. The van der Waals surface area contributed by atoms with Gasteiger partial charge in [-0.2, -0.15) is 0 Å². The van der Waals surface area contributed by atoms with Crippen LogP contribution in [0.5, 0.6) is 0 Å². The van der Waals surface area contributed by atoms with Gasteiger partial charge in [-0.25, -0.2) is 0 Å². The molecule has 1 heterocycles. The summed E-state index contributed by atoms with van der Waals surface area (Å²) in [6.45, 7) is 3.32. The van der Waals surface area contributed by atoms with Crippen LogP contribution >= 0.6 is 12.4 Å². The third-order valence-corrected chi connectivity index (χ3v) is 3.88. The van der Waals surface area contributed by atoms with E-state index in [0.717, 1.165) is 26.1 Å². The molecule has 1 fully saturated rings. The number of fused-ring (bicyclic) bond motifs is 1. The largest absolute Gasteiger partial charge is 0.326 e. The number of benzene rings is 1. The zero-order valence-corrected chi connectivity index (χ0v) is 11.0. The van der Waals surface area contributed by atoms with Gasteiger partial charge in [-0.05, 0) is 42.4 Å². The van der Waals surface area contributed by atoms with Gasteiger partial charge >= 0.3 is 0 Å². The van der Waals surface area contributed by atoms with E-state index < -0.39 is 0 Å². The zero-order chi connectivity index (χ0) is 11.0. The van der Waals surface area contributed by atoms with E-state index in [9.17, 15) is 0 Å². The molecule has 1 unspecified atom stereocenters. The lowest BCUT2D eigenvalue weighted by Crippen LogP contribution is -2.26. The van der Waals surface area contributed by atoms with Crippen LogP contribution in [-0.2, 0) is 19.4 Å². The maximum atomic E-state index is 5.93. The topological polar surface area (TPSA) is 29.3 Å². The number of nitrogens with two attached hydrogens (primary N) is 1. The van der Waals surface area contributed by atoms with E-state index in [1.165, 1.54) is 24.8 Å². The van der Waals surface area contributed by atoms with Gasteiger partial charge in [0.25, 0.3) is 0 Å². The van der Waals surface area contributed by atoms with Crippen molar-refractivity contribution in [1.29, 1.82) is 0 Å². The van der Waals surface area contributed by atoms with Gasteiger partial charge in [0.15, 0.2) is 0 Å². The van der Waals surface area contributed by atoms with Crippen LogP contribution in [0.3, 0.4) is 0 Å².